The van der Waals surface area contributed by atoms with Crippen molar-refractivity contribution in [3.05, 3.63) is 23.8 Å². The largest absolute Gasteiger partial charge is 0.493 e. The molecule has 0 aliphatic rings. The molecule has 1 rings (SSSR count). The molecular formula is C14H22N2O3. The number of nitrogens with one attached hydrogen (secondary N) is 1. The zero-order valence-electron chi connectivity index (χ0n) is 11.9. The number of ether oxygens (including phenoxy) is 2. The zero-order valence-corrected chi connectivity index (χ0v) is 11.9. The molecule has 0 bridgehead atoms. The Hall–Kier alpha value is -1.75. The molecule has 1 amide bonds. The van der Waals surface area contributed by atoms with E-state index in [1.165, 1.54) is 0 Å². The highest BCUT2D eigenvalue weighted by molar-refractivity contribution is 5.78. The summed E-state index contributed by atoms with van der Waals surface area (Å²) < 4.78 is 10.7. The van der Waals surface area contributed by atoms with E-state index in [0.717, 1.165) is 12.1 Å². The highest BCUT2D eigenvalue weighted by Gasteiger charge is 2.14. The number of nitrogens with two attached hydrogens (primary N) is 1. The van der Waals surface area contributed by atoms with Crippen LogP contribution in [0, 0.1) is 0 Å². The number of carbonyl (C=O) groups excluding carboxylic acids is 1. The molecule has 1 aromatic carbocycles. The Bertz CT molecular complexity index is 433. The summed E-state index contributed by atoms with van der Waals surface area (Å²) in [5, 5.41) is 3.32. The van der Waals surface area contributed by atoms with Gasteiger partial charge in [-0.1, -0.05) is 19.9 Å². The van der Waals surface area contributed by atoms with Crippen molar-refractivity contribution < 1.29 is 14.3 Å². The van der Waals surface area contributed by atoms with E-state index >= 15 is 0 Å². The number of rotatable bonds is 7. The number of amides is 1. The van der Waals surface area contributed by atoms with E-state index in [4.69, 9.17) is 15.2 Å². The van der Waals surface area contributed by atoms with Gasteiger partial charge in [-0.3, -0.25) is 4.79 Å². The van der Waals surface area contributed by atoms with Gasteiger partial charge in [0.15, 0.2) is 17.6 Å². The van der Waals surface area contributed by atoms with Crippen molar-refractivity contribution in [3.8, 4) is 11.5 Å². The molecule has 19 heavy (non-hydrogen) atoms. The topological polar surface area (TPSA) is 73.6 Å². The van der Waals surface area contributed by atoms with Crippen LogP contribution in [0.2, 0.25) is 0 Å². The molecule has 0 fully saturated rings. The zero-order chi connectivity index (χ0) is 14.4. The van der Waals surface area contributed by atoms with Crippen LogP contribution in [-0.4, -0.2) is 25.2 Å². The molecular weight excluding hydrogens is 244 g/mol. The summed E-state index contributed by atoms with van der Waals surface area (Å²) in [6.45, 7) is 6.53. The maximum Gasteiger partial charge on any atom is 0.258 e. The average molecular weight is 266 g/mol. The predicted octanol–water partition coefficient (Wildman–Crippen LogP) is 1.45. The minimum Gasteiger partial charge on any atom is -0.493 e. The molecule has 0 aliphatic heterocycles. The quantitative estimate of drug-likeness (QED) is 0.783. The van der Waals surface area contributed by atoms with Gasteiger partial charge in [0.2, 0.25) is 0 Å². The van der Waals surface area contributed by atoms with Crippen LogP contribution in [0.4, 0.5) is 0 Å². The van der Waals surface area contributed by atoms with Crippen LogP contribution in [-0.2, 0) is 11.3 Å². The molecule has 0 aliphatic carbocycles. The lowest BCUT2D eigenvalue weighted by Gasteiger charge is -2.16. The van der Waals surface area contributed by atoms with Gasteiger partial charge >= 0.3 is 0 Å². The van der Waals surface area contributed by atoms with Crippen LogP contribution in [0.15, 0.2) is 18.2 Å². The molecule has 0 heterocycles. The Morgan fingerprint density at radius 1 is 1.32 bits per heavy atom. The van der Waals surface area contributed by atoms with E-state index in [-0.39, 0.29) is 0 Å². The summed E-state index contributed by atoms with van der Waals surface area (Å²) in [5.41, 5.74) is 6.26. The van der Waals surface area contributed by atoms with Crippen molar-refractivity contribution in [1.82, 2.24) is 5.32 Å². The maximum atomic E-state index is 11.0. The summed E-state index contributed by atoms with van der Waals surface area (Å²) in [7, 11) is 1.57. The Kier molecular flexibility index (Phi) is 5.63. The fourth-order valence-corrected chi connectivity index (χ4v) is 1.49. The van der Waals surface area contributed by atoms with E-state index in [2.05, 4.69) is 19.2 Å². The van der Waals surface area contributed by atoms with Crippen LogP contribution < -0.4 is 20.5 Å². The molecule has 0 saturated carbocycles. The van der Waals surface area contributed by atoms with Gasteiger partial charge in [-0.15, -0.1) is 0 Å². The van der Waals surface area contributed by atoms with Gasteiger partial charge < -0.3 is 20.5 Å². The van der Waals surface area contributed by atoms with E-state index < -0.39 is 12.0 Å². The highest BCUT2D eigenvalue weighted by atomic mass is 16.5. The number of benzene rings is 1. The lowest BCUT2D eigenvalue weighted by molar-refractivity contribution is -0.124. The lowest BCUT2D eigenvalue weighted by Crippen LogP contribution is -2.30. The summed E-state index contributed by atoms with van der Waals surface area (Å²) in [4.78, 5) is 11.0. The second kappa shape index (κ2) is 6.99. The molecule has 0 aromatic heterocycles. The normalized spacial score (nSPS) is 12.3. The molecule has 5 heteroatoms. The van der Waals surface area contributed by atoms with Gasteiger partial charge in [-0.05, 0) is 24.6 Å². The van der Waals surface area contributed by atoms with Gasteiger partial charge in [-0.25, -0.2) is 0 Å². The molecule has 106 valence electrons. The second-order valence-electron chi connectivity index (χ2n) is 4.68. The molecule has 1 atom stereocenters. The monoisotopic (exact) mass is 266 g/mol. The van der Waals surface area contributed by atoms with Crippen molar-refractivity contribution in [3.63, 3.8) is 0 Å². The van der Waals surface area contributed by atoms with Crippen LogP contribution >= 0.6 is 0 Å². The molecule has 0 spiro atoms. The van der Waals surface area contributed by atoms with E-state index in [1.54, 1.807) is 20.1 Å². The highest BCUT2D eigenvalue weighted by Crippen LogP contribution is 2.28. The summed E-state index contributed by atoms with van der Waals surface area (Å²) in [5.74, 6) is 0.603. The first-order valence-electron chi connectivity index (χ1n) is 6.30. The van der Waals surface area contributed by atoms with Gasteiger partial charge in [0, 0.05) is 12.6 Å². The molecule has 0 saturated heterocycles. The van der Waals surface area contributed by atoms with E-state index in [9.17, 15) is 4.79 Å². The first kappa shape index (κ1) is 15.3. The summed E-state index contributed by atoms with van der Waals surface area (Å²) in [6, 6.07) is 6.02. The summed E-state index contributed by atoms with van der Waals surface area (Å²) in [6.07, 6.45) is -0.687. The van der Waals surface area contributed by atoms with Crippen molar-refractivity contribution in [2.75, 3.05) is 7.11 Å². The average Bonchev–Trinajstić information content (AvgIpc) is 2.37. The minimum atomic E-state index is -0.687. The molecule has 5 nitrogen and oxygen atoms in total. The number of primary amides is 1. The Labute approximate surface area is 114 Å². The van der Waals surface area contributed by atoms with Crippen LogP contribution in [0.25, 0.3) is 0 Å². The number of methoxy groups -OCH3 is 1. The summed E-state index contributed by atoms with van der Waals surface area (Å²) >= 11 is 0. The molecule has 1 aromatic rings. The molecule has 3 N–H and O–H groups in total. The third-order valence-electron chi connectivity index (χ3n) is 2.65. The Morgan fingerprint density at radius 2 is 2.00 bits per heavy atom. The fraction of sp³-hybridized carbons (Fsp3) is 0.500. The van der Waals surface area contributed by atoms with Crippen LogP contribution in [0.1, 0.15) is 26.3 Å². The van der Waals surface area contributed by atoms with Crippen molar-refractivity contribution >= 4 is 5.91 Å². The molecule has 1 unspecified atom stereocenters. The SMILES string of the molecule is COc1cc(CNC(C)C)ccc1OC(C)C(N)=O. The smallest absolute Gasteiger partial charge is 0.258 e. The third-order valence-corrected chi connectivity index (χ3v) is 2.65. The Morgan fingerprint density at radius 3 is 2.53 bits per heavy atom. The van der Waals surface area contributed by atoms with E-state index in [0.29, 0.717) is 17.5 Å². The van der Waals surface area contributed by atoms with Crippen molar-refractivity contribution in [2.24, 2.45) is 5.73 Å². The van der Waals surface area contributed by atoms with Gasteiger partial charge in [0.05, 0.1) is 7.11 Å². The first-order chi connectivity index (χ1) is 8.93. The minimum absolute atomic E-state index is 0.414. The molecule has 0 radical (unpaired) electrons. The number of hydrogen-bond donors (Lipinski definition) is 2. The fourth-order valence-electron chi connectivity index (χ4n) is 1.49. The maximum absolute atomic E-state index is 11.0. The van der Waals surface area contributed by atoms with E-state index in [1.807, 2.05) is 12.1 Å². The van der Waals surface area contributed by atoms with Crippen LogP contribution in [0.3, 0.4) is 0 Å². The van der Waals surface area contributed by atoms with Gasteiger partial charge in [0.1, 0.15) is 0 Å². The third kappa shape index (κ3) is 4.79. The number of carbonyl (C=O) groups is 1. The second-order valence-corrected chi connectivity index (χ2v) is 4.68. The number of hydrogen-bond acceptors (Lipinski definition) is 4. The van der Waals surface area contributed by atoms with Crippen molar-refractivity contribution in [1.29, 1.82) is 0 Å². The lowest BCUT2D eigenvalue weighted by atomic mass is 10.2. The first-order valence-corrected chi connectivity index (χ1v) is 6.30. The standard InChI is InChI=1S/C14H22N2O3/c1-9(2)16-8-11-5-6-12(13(7-11)18-4)19-10(3)14(15)17/h5-7,9-10,16H,8H2,1-4H3,(H2,15,17). The van der Waals surface area contributed by atoms with Crippen molar-refractivity contribution in [2.45, 2.75) is 39.5 Å². The Balaban J connectivity index is 2.81. The van der Waals surface area contributed by atoms with Gasteiger partial charge in [-0.2, -0.15) is 0 Å². The predicted molar refractivity (Wildman–Crippen MR) is 74.3 cm³/mol. The van der Waals surface area contributed by atoms with Crippen LogP contribution in [0.5, 0.6) is 11.5 Å². The van der Waals surface area contributed by atoms with Gasteiger partial charge in [0.25, 0.3) is 5.91 Å².